The Labute approximate surface area is 86.3 Å². The van der Waals surface area contributed by atoms with Crippen LogP contribution < -0.4 is 5.32 Å². The van der Waals surface area contributed by atoms with Gasteiger partial charge in [-0.15, -0.1) is 0 Å². The lowest BCUT2D eigenvalue weighted by atomic mass is 9.89. The fraction of sp³-hybridized carbons (Fsp3) is 0.818. The first-order chi connectivity index (χ1) is 6.38. The summed E-state index contributed by atoms with van der Waals surface area (Å²) in [4.78, 5) is 22.5. The van der Waals surface area contributed by atoms with Crippen molar-refractivity contribution in [1.29, 1.82) is 0 Å². The third kappa shape index (κ3) is 5.73. The van der Waals surface area contributed by atoms with Crippen LogP contribution in [0.4, 0.5) is 0 Å². The molecule has 3 heteroatoms. The molecule has 0 aromatic carbocycles. The molecule has 0 heterocycles. The number of Topliss-reactive ketones (excluding diaryl/α,β-unsaturated/α-hetero) is 1. The van der Waals surface area contributed by atoms with Crippen LogP contribution in [0.2, 0.25) is 0 Å². The van der Waals surface area contributed by atoms with Gasteiger partial charge in [-0.1, -0.05) is 27.7 Å². The molecule has 1 amide bonds. The van der Waals surface area contributed by atoms with Crippen LogP contribution in [0.25, 0.3) is 0 Å². The Bertz CT molecular complexity index is 204. The number of amides is 1. The zero-order chi connectivity index (χ0) is 11.2. The molecule has 0 aliphatic rings. The molecule has 0 rings (SSSR count). The van der Waals surface area contributed by atoms with Gasteiger partial charge in [-0.05, 0) is 6.42 Å². The highest BCUT2D eigenvalue weighted by Gasteiger charge is 2.20. The van der Waals surface area contributed by atoms with Crippen molar-refractivity contribution in [3.05, 3.63) is 0 Å². The minimum absolute atomic E-state index is 0.0363. The van der Waals surface area contributed by atoms with Gasteiger partial charge >= 0.3 is 0 Å². The fourth-order valence-corrected chi connectivity index (χ4v) is 1.01. The van der Waals surface area contributed by atoms with Gasteiger partial charge in [0.2, 0.25) is 5.91 Å². The Hall–Kier alpha value is -0.860. The summed E-state index contributed by atoms with van der Waals surface area (Å²) in [6.07, 6.45) is 1.82. The molecule has 0 spiro atoms. The Kier molecular flexibility index (Phi) is 5.43. The van der Waals surface area contributed by atoms with Gasteiger partial charge in [0.1, 0.15) is 5.78 Å². The zero-order valence-electron chi connectivity index (χ0n) is 9.64. The van der Waals surface area contributed by atoms with Gasteiger partial charge in [0.25, 0.3) is 0 Å². The van der Waals surface area contributed by atoms with Crippen molar-refractivity contribution in [2.75, 3.05) is 6.54 Å². The van der Waals surface area contributed by atoms with Crippen LogP contribution in [-0.2, 0) is 9.59 Å². The lowest BCUT2D eigenvalue weighted by Gasteiger charge is -2.16. The molecule has 0 unspecified atom stereocenters. The highest BCUT2D eigenvalue weighted by atomic mass is 16.1. The number of ketones is 1. The van der Waals surface area contributed by atoms with Crippen LogP contribution in [0.3, 0.4) is 0 Å². The van der Waals surface area contributed by atoms with Crippen molar-refractivity contribution in [3.8, 4) is 0 Å². The highest BCUT2D eigenvalue weighted by Crippen LogP contribution is 2.15. The Balaban J connectivity index is 3.65. The minimum atomic E-state index is -0.296. The van der Waals surface area contributed by atoms with E-state index in [0.717, 1.165) is 6.42 Å². The summed E-state index contributed by atoms with van der Waals surface area (Å²) in [5.41, 5.74) is -0.296. The topological polar surface area (TPSA) is 46.2 Å². The highest BCUT2D eigenvalue weighted by molar-refractivity contribution is 5.84. The average Bonchev–Trinajstić information content (AvgIpc) is 2.02. The molecule has 0 aromatic rings. The first kappa shape index (κ1) is 13.1. The molecule has 0 radical (unpaired) electrons. The average molecular weight is 199 g/mol. The maximum Gasteiger partial charge on any atom is 0.219 e. The Morgan fingerprint density at radius 2 is 1.71 bits per heavy atom. The summed E-state index contributed by atoms with van der Waals surface area (Å²) >= 11 is 0. The van der Waals surface area contributed by atoms with Crippen LogP contribution in [0.5, 0.6) is 0 Å². The van der Waals surface area contributed by atoms with E-state index in [9.17, 15) is 9.59 Å². The van der Waals surface area contributed by atoms with E-state index >= 15 is 0 Å². The zero-order valence-corrected chi connectivity index (χ0v) is 9.64. The number of carbonyl (C=O) groups excluding carboxylic acids is 2. The number of nitrogens with one attached hydrogen (secondary N) is 1. The lowest BCUT2D eigenvalue weighted by Crippen LogP contribution is -2.29. The predicted molar refractivity (Wildman–Crippen MR) is 57.0 cm³/mol. The summed E-state index contributed by atoms with van der Waals surface area (Å²) in [7, 11) is 0. The molecule has 0 bridgehead atoms. The van der Waals surface area contributed by atoms with Crippen LogP contribution in [0, 0.1) is 5.41 Å². The van der Waals surface area contributed by atoms with Crippen LogP contribution >= 0.6 is 0 Å². The third-order valence-electron chi connectivity index (χ3n) is 1.99. The van der Waals surface area contributed by atoms with Gasteiger partial charge in [0, 0.05) is 24.8 Å². The van der Waals surface area contributed by atoms with E-state index in [1.165, 1.54) is 0 Å². The van der Waals surface area contributed by atoms with E-state index in [1.807, 2.05) is 27.7 Å². The van der Waals surface area contributed by atoms with Crippen LogP contribution in [0.15, 0.2) is 0 Å². The molecular formula is C11H21NO2. The van der Waals surface area contributed by atoms with Crippen molar-refractivity contribution in [2.24, 2.45) is 5.41 Å². The normalized spacial score (nSPS) is 11.1. The van der Waals surface area contributed by atoms with Gasteiger partial charge in [-0.2, -0.15) is 0 Å². The lowest BCUT2D eigenvalue weighted by molar-refractivity contribution is -0.126. The van der Waals surface area contributed by atoms with Crippen molar-refractivity contribution >= 4 is 11.7 Å². The molecule has 1 N–H and O–H groups in total. The maximum atomic E-state index is 11.5. The van der Waals surface area contributed by atoms with Crippen molar-refractivity contribution in [1.82, 2.24) is 5.32 Å². The number of hydrogen-bond donors (Lipinski definition) is 1. The first-order valence-electron chi connectivity index (χ1n) is 5.18. The van der Waals surface area contributed by atoms with Crippen LogP contribution in [-0.4, -0.2) is 18.2 Å². The monoisotopic (exact) mass is 199 g/mol. The summed E-state index contributed by atoms with van der Waals surface area (Å²) in [6, 6.07) is 0. The molecule has 0 fully saturated rings. The molecule has 82 valence electrons. The van der Waals surface area contributed by atoms with Crippen molar-refractivity contribution in [3.63, 3.8) is 0 Å². The fourth-order valence-electron chi connectivity index (χ4n) is 1.01. The Morgan fingerprint density at radius 1 is 1.14 bits per heavy atom. The summed E-state index contributed by atoms with van der Waals surface area (Å²) in [5, 5.41) is 2.73. The molecular weight excluding hydrogens is 178 g/mol. The van der Waals surface area contributed by atoms with E-state index in [-0.39, 0.29) is 17.1 Å². The molecule has 0 saturated carbocycles. The molecule has 0 aliphatic heterocycles. The maximum absolute atomic E-state index is 11.5. The molecule has 0 aliphatic carbocycles. The van der Waals surface area contributed by atoms with E-state index in [1.54, 1.807) is 0 Å². The van der Waals surface area contributed by atoms with Crippen molar-refractivity contribution in [2.45, 2.75) is 47.0 Å². The summed E-state index contributed by atoms with van der Waals surface area (Å²) in [6.45, 7) is 8.10. The Morgan fingerprint density at radius 3 is 2.14 bits per heavy atom. The molecule has 14 heavy (non-hydrogen) atoms. The number of rotatable bonds is 5. The second-order valence-corrected chi connectivity index (χ2v) is 4.52. The van der Waals surface area contributed by atoms with Gasteiger partial charge in [-0.25, -0.2) is 0 Å². The minimum Gasteiger partial charge on any atom is -0.356 e. The molecule has 0 aromatic heterocycles. The standard InChI is InChI=1S/C11H21NO2/c1-5-6-10(14)12-8-7-9(13)11(2,3)4/h5-8H2,1-4H3,(H,12,14). The summed E-state index contributed by atoms with van der Waals surface area (Å²) in [5.74, 6) is 0.225. The number of carbonyl (C=O) groups is 2. The second-order valence-electron chi connectivity index (χ2n) is 4.52. The molecule has 0 atom stereocenters. The van der Waals surface area contributed by atoms with E-state index < -0.39 is 0 Å². The second kappa shape index (κ2) is 5.78. The van der Waals surface area contributed by atoms with Gasteiger partial charge in [-0.3, -0.25) is 9.59 Å². The van der Waals surface area contributed by atoms with Gasteiger partial charge < -0.3 is 5.32 Å². The third-order valence-corrected chi connectivity index (χ3v) is 1.99. The quantitative estimate of drug-likeness (QED) is 0.735. The van der Waals surface area contributed by atoms with E-state index in [0.29, 0.717) is 19.4 Å². The first-order valence-corrected chi connectivity index (χ1v) is 5.18. The smallest absolute Gasteiger partial charge is 0.219 e. The summed E-state index contributed by atoms with van der Waals surface area (Å²) < 4.78 is 0. The van der Waals surface area contributed by atoms with Gasteiger partial charge in [0.05, 0.1) is 0 Å². The molecule has 0 saturated heterocycles. The predicted octanol–water partition coefficient (Wildman–Crippen LogP) is 1.91. The van der Waals surface area contributed by atoms with E-state index in [4.69, 9.17) is 0 Å². The SMILES string of the molecule is CCCC(=O)NCCC(=O)C(C)(C)C. The van der Waals surface area contributed by atoms with Crippen LogP contribution in [0.1, 0.15) is 47.0 Å². The largest absolute Gasteiger partial charge is 0.356 e. The number of hydrogen-bond acceptors (Lipinski definition) is 2. The van der Waals surface area contributed by atoms with Crippen molar-refractivity contribution < 1.29 is 9.59 Å². The van der Waals surface area contributed by atoms with E-state index in [2.05, 4.69) is 5.32 Å². The van der Waals surface area contributed by atoms with Gasteiger partial charge in [0.15, 0.2) is 0 Å². The molecule has 3 nitrogen and oxygen atoms in total.